The molecule has 0 unspecified atom stereocenters. The van der Waals surface area contributed by atoms with Gasteiger partial charge in [-0.1, -0.05) is 45.0 Å². The topological polar surface area (TPSA) is 108 Å². The number of anilines is 1. The molecule has 0 atom stereocenters. The van der Waals surface area contributed by atoms with Crippen molar-refractivity contribution in [2.75, 3.05) is 19.5 Å². The second-order valence-electron chi connectivity index (χ2n) is 9.29. The van der Waals surface area contributed by atoms with Crippen LogP contribution in [-0.2, 0) is 11.2 Å². The molecule has 3 aromatic rings. The van der Waals surface area contributed by atoms with Crippen LogP contribution in [0.1, 0.15) is 53.5 Å². The summed E-state index contributed by atoms with van der Waals surface area (Å²) in [4.78, 5) is 38.2. The molecule has 34 heavy (non-hydrogen) atoms. The van der Waals surface area contributed by atoms with Crippen LogP contribution in [0.5, 0.6) is 11.5 Å². The third-order valence-electron chi connectivity index (χ3n) is 5.59. The van der Waals surface area contributed by atoms with Gasteiger partial charge in [0, 0.05) is 10.9 Å². The lowest BCUT2D eigenvalue weighted by atomic mass is 9.88. The first-order valence-electron chi connectivity index (χ1n) is 11.0. The Morgan fingerprint density at radius 3 is 2.18 bits per heavy atom. The molecule has 0 aliphatic rings. The molecule has 0 spiro atoms. The number of ketones is 1. The number of carbonyl (C=O) groups is 3. The van der Waals surface area contributed by atoms with Crippen molar-refractivity contribution in [2.24, 2.45) is 11.1 Å². The third kappa shape index (κ3) is 5.36. The van der Waals surface area contributed by atoms with Gasteiger partial charge >= 0.3 is 0 Å². The zero-order valence-corrected chi connectivity index (χ0v) is 20.2. The highest BCUT2D eigenvalue weighted by atomic mass is 16.5. The van der Waals surface area contributed by atoms with Crippen molar-refractivity contribution >= 4 is 34.1 Å². The molecule has 3 N–H and O–H groups in total. The predicted octanol–water partition coefficient (Wildman–Crippen LogP) is 4.76. The van der Waals surface area contributed by atoms with E-state index in [0.29, 0.717) is 17.6 Å². The third-order valence-corrected chi connectivity index (χ3v) is 5.59. The van der Waals surface area contributed by atoms with E-state index in [1.807, 2.05) is 12.1 Å². The number of Topliss-reactive ketones (excluding diaryl/α,β-unsaturated/α-hetero) is 1. The number of methoxy groups -OCH3 is 2. The fourth-order valence-electron chi connectivity index (χ4n) is 3.80. The molecule has 0 saturated carbocycles. The van der Waals surface area contributed by atoms with Crippen molar-refractivity contribution in [1.82, 2.24) is 0 Å². The van der Waals surface area contributed by atoms with Gasteiger partial charge < -0.3 is 20.5 Å². The van der Waals surface area contributed by atoms with Gasteiger partial charge in [0.05, 0.1) is 25.5 Å². The van der Waals surface area contributed by atoms with Gasteiger partial charge in [-0.15, -0.1) is 0 Å². The minimum atomic E-state index is -0.850. The summed E-state index contributed by atoms with van der Waals surface area (Å²) in [6.07, 6.45) is 1.51. The number of benzene rings is 3. The number of aryl methyl sites for hydroxylation is 1. The van der Waals surface area contributed by atoms with Crippen LogP contribution in [0.2, 0.25) is 0 Å². The van der Waals surface area contributed by atoms with E-state index in [9.17, 15) is 14.4 Å². The molecule has 3 aromatic carbocycles. The molecule has 0 aliphatic carbocycles. The van der Waals surface area contributed by atoms with Crippen LogP contribution in [0.4, 0.5) is 5.69 Å². The van der Waals surface area contributed by atoms with Crippen LogP contribution < -0.4 is 20.5 Å². The number of hydrogen-bond acceptors (Lipinski definition) is 5. The standard InChI is InChI=1S/C27H30N2O5/c1-27(2,3)13-12-16-14-20(25(28)31)24(34-5)21(15-16)29-26(32)23(30)19-10-11-22(33-4)18-9-7-6-8-17(18)19/h6-11,14-15H,12-13H2,1-5H3,(H2,28,31)(H,29,32). The number of primary amides is 1. The Balaban J connectivity index is 1.99. The van der Waals surface area contributed by atoms with Gasteiger partial charge in [-0.3, -0.25) is 14.4 Å². The average molecular weight is 463 g/mol. The Kier molecular flexibility index (Phi) is 7.25. The van der Waals surface area contributed by atoms with Crippen LogP contribution >= 0.6 is 0 Å². The quantitative estimate of drug-likeness (QED) is 0.371. The molecule has 2 amide bonds. The maximum Gasteiger partial charge on any atom is 0.296 e. The average Bonchev–Trinajstić information content (AvgIpc) is 2.80. The zero-order valence-electron chi connectivity index (χ0n) is 20.2. The van der Waals surface area contributed by atoms with Gasteiger partial charge in [0.2, 0.25) is 0 Å². The summed E-state index contributed by atoms with van der Waals surface area (Å²) in [5.74, 6) is -1.53. The van der Waals surface area contributed by atoms with Crippen LogP contribution in [-0.4, -0.2) is 31.8 Å². The number of ether oxygens (including phenoxy) is 2. The zero-order chi connectivity index (χ0) is 25.0. The Bertz CT molecular complexity index is 1260. The van der Waals surface area contributed by atoms with E-state index in [0.717, 1.165) is 17.4 Å². The summed E-state index contributed by atoms with van der Waals surface area (Å²) in [5.41, 5.74) is 7.06. The molecule has 0 aromatic heterocycles. The molecular weight excluding hydrogens is 432 g/mol. The number of nitrogens with one attached hydrogen (secondary N) is 1. The van der Waals surface area contributed by atoms with Gasteiger partial charge in [-0.2, -0.15) is 0 Å². The van der Waals surface area contributed by atoms with Crippen molar-refractivity contribution in [1.29, 1.82) is 0 Å². The van der Waals surface area contributed by atoms with Crippen molar-refractivity contribution in [3.63, 3.8) is 0 Å². The van der Waals surface area contributed by atoms with Gasteiger partial charge in [0.25, 0.3) is 17.6 Å². The number of rotatable bonds is 8. The Labute approximate surface area is 199 Å². The van der Waals surface area contributed by atoms with E-state index in [1.54, 1.807) is 43.5 Å². The molecule has 0 radical (unpaired) electrons. The first-order chi connectivity index (χ1) is 16.1. The number of nitrogens with two attached hydrogens (primary N) is 1. The summed E-state index contributed by atoms with van der Waals surface area (Å²) >= 11 is 0. The van der Waals surface area contributed by atoms with Crippen LogP contribution in [0.3, 0.4) is 0 Å². The van der Waals surface area contributed by atoms with Gasteiger partial charge in [0.1, 0.15) is 5.75 Å². The van der Waals surface area contributed by atoms with Gasteiger partial charge in [0.15, 0.2) is 5.75 Å². The second-order valence-corrected chi connectivity index (χ2v) is 9.29. The van der Waals surface area contributed by atoms with Crippen molar-refractivity contribution in [3.05, 3.63) is 65.2 Å². The van der Waals surface area contributed by atoms with E-state index < -0.39 is 17.6 Å². The van der Waals surface area contributed by atoms with Crippen molar-refractivity contribution < 1.29 is 23.9 Å². The van der Waals surface area contributed by atoms with E-state index >= 15 is 0 Å². The SMILES string of the molecule is COc1c(NC(=O)C(=O)c2ccc(OC)c3ccccc23)cc(CCC(C)(C)C)cc1C(N)=O. The lowest BCUT2D eigenvalue weighted by Gasteiger charge is -2.19. The van der Waals surface area contributed by atoms with Crippen LogP contribution in [0.25, 0.3) is 10.8 Å². The summed E-state index contributed by atoms with van der Waals surface area (Å²) < 4.78 is 10.8. The van der Waals surface area contributed by atoms with Crippen molar-refractivity contribution in [3.8, 4) is 11.5 Å². The van der Waals surface area contributed by atoms with E-state index in [4.69, 9.17) is 15.2 Å². The second kappa shape index (κ2) is 9.95. The van der Waals surface area contributed by atoms with Crippen molar-refractivity contribution in [2.45, 2.75) is 33.6 Å². The normalized spacial score (nSPS) is 11.2. The highest BCUT2D eigenvalue weighted by Crippen LogP contribution is 2.33. The molecule has 178 valence electrons. The molecule has 0 fully saturated rings. The molecule has 0 heterocycles. The smallest absolute Gasteiger partial charge is 0.296 e. The molecular formula is C27H30N2O5. The lowest BCUT2D eigenvalue weighted by Crippen LogP contribution is -2.24. The largest absolute Gasteiger partial charge is 0.496 e. The van der Waals surface area contributed by atoms with E-state index in [-0.39, 0.29) is 28.0 Å². The summed E-state index contributed by atoms with van der Waals surface area (Å²) in [6, 6.07) is 13.8. The van der Waals surface area contributed by atoms with Crippen LogP contribution in [0, 0.1) is 5.41 Å². The molecule has 7 nitrogen and oxygen atoms in total. The fraction of sp³-hybridized carbons (Fsp3) is 0.296. The molecule has 3 rings (SSSR count). The number of fused-ring (bicyclic) bond motifs is 1. The maximum absolute atomic E-state index is 13.1. The molecule has 0 bridgehead atoms. The number of carbonyl (C=O) groups excluding carboxylic acids is 3. The minimum Gasteiger partial charge on any atom is -0.496 e. The van der Waals surface area contributed by atoms with Gasteiger partial charge in [-0.05, 0) is 53.5 Å². The minimum absolute atomic E-state index is 0.0710. The highest BCUT2D eigenvalue weighted by Gasteiger charge is 2.24. The molecule has 0 aliphatic heterocycles. The summed E-state index contributed by atoms with van der Waals surface area (Å²) in [5, 5.41) is 3.96. The van der Waals surface area contributed by atoms with Crippen LogP contribution in [0.15, 0.2) is 48.5 Å². The first-order valence-corrected chi connectivity index (χ1v) is 11.0. The lowest BCUT2D eigenvalue weighted by molar-refractivity contribution is -0.112. The first kappa shape index (κ1) is 24.8. The Morgan fingerprint density at radius 1 is 0.912 bits per heavy atom. The van der Waals surface area contributed by atoms with Gasteiger partial charge in [-0.25, -0.2) is 0 Å². The molecule has 7 heteroatoms. The Hall–Kier alpha value is -3.87. The number of amides is 2. The fourth-order valence-corrected chi connectivity index (χ4v) is 3.80. The monoisotopic (exact) mass is 462 g/mol. The Morgan fingerprint density at radius 2 is 1.59 bits per heavy atom. The number of hydrogen-bond donors (Lipinski definition) is 2. The van der Waals surface area contributed by atoms with E-state index in [2.05, 4.69) is 26.1 Å². The molecule has 0 saturated heterocycles. The maximum atomic E-state index is 13.1. The predicted molar refractivity (Wildman–Crippen MR) is 133 cm³/mol. The summed E-state index contributed by atoms with van der Waals surface area (Å²) in [6.45, 7) is 6.35. The summed E-state index contributed by atoms with van der Waals surface area (Å²) in [7, 11) is 2.93. The highest BCUT2D eigenvalue weighted by molar-refractivity contribution is 6.48. The van der Waals surface area contributed by atoms with E-state index in [1.165, 1.54) is 7.11 Å².